The van der Waals surface area contributed by atoms with Crippen LogP contribution in [0.15, 0.2) is 83.9 Å². The van der Waals surface area contributed by atoms with Crippen LogP contribution in [0.3, 0.4) is 0 Å². The highest BCUT2D eigenvalue weighted by atomic mass is 35.5. The zero-order valence-corrected chi connectivity index (χ0v) is 24.2. The first-order valence-electron chi connectivity index (χ1n) is 13.4. The first kappa shape index (κ1) is 29.7. The van der Waals surface area contributed by atoms with Crippen molar-refractivity contribution in [1.29, 1.82) is 0 Å². The summed E-state index contributed by atoms with van der Waals surface area (Å²) in [5, 5.41) is 13.0. The van der Waals surface area contributed by atoms with Gasteiger partial charge in [-0.05, 0) is 47.9 Å². The third-order valence-corrected chi connectivity index (χ3v) is 7.05. The van der Waals surface area contributed by atoms with E-state index in [9.17, 15) is 4.79 Å². The molecular formula is C32H34Cl2N2O4. The Kier molecular flexibility index (Phi) is 10.3. The van der Waals surface area contributed by atoms with Gasteiger partial charge in [0, 0.05) is 47.2 Å². The third-order valence-electron chi connectivity index (χ3n) is 6.48. The number of halogens is 2. The maximum absolute atomic E-state index is 14.0. The van der Waals surface area contributed by atoms with Crippen LogP contribution >= 0.6 is 23.2 Å². The molecule has 0 bridgehead atoms. The normalized spacial score (nSPS) is 18.6. The van der Waals surface area contributed by atoms with Gasteiger partial charge in [-0.15, -0.1) is 0 Å². The van der Waals surface area contributed by atoms with E-state index in [0.717, 1.165) is 5.56 Å². The lowest BCUT2D eigenvalue weighted by Crippen LogP contribution is -2.49. The number of aliphatic hydroxyl groups is 1. The molecule has 0 aromatic heterocycles. The van der Waals surface area contributed by atoms with E-state index in [1.807, 2.05) is 80.6 Å². The molecule has 2 atom stereocenters. The predicted octanol–water partition coefficient (Wildman–Crippen LogP) is 6.89. The van der Waals surface area contributed by atoms with E-state index in [-0.39, 0.29) is 24.9 Å². The highest BCUT2D eigenvalue weighted by Gasteiger charge is 2.53. The van der Waals surface area contributed by atoms with Crippen LogP contribution in [0.2, 0.25) is 10.0 Å². The van der Waals surface area contributed by atoms with Crippen molar-refractivity contribution in [3.63, 3.8) is 0 Å². The Morgan fingerprint density at radius 1 is 1.12 bits per heavy atom. The van der Waals surface area contributed by atoms with Gasteiger partial charge < -0.3 is 19.9 Å². The molecule has 0 saturated heterocycles. The minimum atomic E-state index is -1.32. The van der Waals surface area contributed by atoms with Gasteiger partial charge in [-0.1, -0.05) is 85.6 Å². The standard InChI is InChI=1S/C32H34Cl2N2O4/c1-22(2)21-35-31(38)32(17-6-10-23-8-4-3-5-9-23)29(27-16-13-25(33)20-28(27)34)40-30(36-32)24-11-14-26(15-12-24)39-19-7-18-37/h3-6,8-16,20,22,29,37H,7,17-19,21H2,1-2H3,(H,35,38)/b10-6+/t29-,32-/m1/s1. The summed E-state index contributed by atoms with van der Waals surface area (Å²) in [5.74, 6) is 1.02. The summed E-state index contributed by atoms with van der Waals surface area (Å²) in [4.78, 5) is 19.0. The number of carbonyl (C=O) groups is 1. The fourth-order valence-corrected chi connectivity index (χ4v) is 4.90. The molecule has 0 aliphatic carbocycles. The average molecular weight is 582 g/mol. The maximum Gasteiger partial charge on any atom is 0.252 e. The second kappa shape index (κ2) is 13.8. The van der Waals surface area contributed by atoms with Gasteiger partial charge in [-0.25, -0.2) is 4.99 Å². The van der Waals surface area contributed by atoms with Crippen LogP contribution < -0.4 is 10.1 Å². The van der Waals surface area contributed by atoms with Gasteiger partial charge in [0.25, 0.3) is 5.91 Å². The van der Waals surface area contributed by atoms with Gasteiger partial charge in [-0.3, -0.25) is 4.79 Å². The summed E-state index contributed by atoms with van der Waals surface area (Å²) in [6, 6.07) is 22.4. The van der Waals surface area contributed by atoms with Crippen molar-refractivity contribution in [1.82, 2.24) is 5.32 Å². The first-order chi connectivity index (χ1) is 19.3. The summed E-state index contributed by atoms with van der Waals surface area (Å²) < 4.78 is 12.2. The molecule has 2 N–H and O–H groups in total. The number of hydrogen-bond donors (Lipinski definition) is 2. The molecule has 1 amide bonds. The molecule has 4 rings (SSSR count). The van der Waals surface area contributed by atoms with Crippen LogP contribution in [0.25, 0.3) is 6.08 Å². The molecule has 3 aromatic rings. The summed E-state index contributed by atoms with van der Waals surface area (Å²) in [6.45, 7) is 5.06. The monoisotopic (exact) mass is 580 g/mol. The van der Waals surface area contributed by atoms with E-state index < -0.39 is 11.6 Å². The number of nitrogens with one attached hydrogen (secondary N) is 1. The highest BCUT2D eigenvalue weighted by molar-refractivity contribution is 6.35. The molecule has 1 aliphatic heterocycles. The summed E-state index contributed by atoms with van der Waals surface area (Å²) in [6.07, 6.45) is 3.96. The summed E-state index contributed by atoms with van der Waals surface area (Å²) in [5.41, 5.74) is 1.03. The zero-order chi connectivity index (χ0) is 28.5. The Bertz CT molecular complexity index is 1340. The summed E-state index contributed by atoms with van der Waals surface area (Å²) in [7, 11) is 0. The highest BCUT2D eigenvalue weighted by Crippen LogP contribution is 2.45. The lowest BCUT2D eigenvalue weighted by atomic mass is 9.84. The smallest absolute Gasteiger partial charge is 0.252 e. The Hall–Kier alpha value is -3.32. The van der Waals surface area contributed by atoms with Crippen molar-refractivity contribution in [2.75, 3.05) is 19.8 Å². The number of aliphatic hydroxyl groups excluding tert-OH is 1. The van der Waals surface area contributed by atoms with E-state index in [1.54, 1.807) is 18.2 Å². The minimum Gasteiger partial charge on any atom is -0.494 e. The largest absolute Gasteiger partial charge is 0.494 e. The van der Waals surface area contributed by atoms with E-state index in [1.165, 1.54) is 0 Å². The number of ether oxygens (including phenoxy) is 2. The predicted molar refractivity (Wildman–Crippen MR) is 161 cm³/mol. The van der Waals surface area contributed by atoms with Crippen molar-refractivity contribution < 1.29 is 19.4 Å². The van der Waals surface area contributed by atoms with E-state index in [4.69, 9.17) is 42.8 Å². The zero-order valence-electron chi connectivity index (χ0n) is 22.6. The van der Waals surface area contributed by atoms with E-state index in [0.29, 0.717) is 52.4 Å². The SMILES string of the molecule is CC(C)CNC(=O)[C@]1(C/C=C/c2ccccc2)N=C(c2ccc(OCCCO)cc2)O[C@@H]1c1ccc(Cl)cc1Cl. The van der Waals surface area contributed by atoms with E-state index in [2.05, 4.69) is 5.32 Å². The first-order valence-corrected chi connectivity index (χ1v) is 14.1. The van der Waals surface area contributed by atoms with Gasteiger partial charge in [-0.2, -0.15) is 0 Å². The molecule has 210 valence electrons. The van der Waals surface area contributed by atoms with Gasteiger partial charge in [0.1, 0.15) is 5.75 Å². The molecule has 0 fully saturated rings. The number of rotatable bonds is 12. The molecule has 40 heavy (non-hydrogen) atoms. The van der Waals surface area contributed by atoms with Crippen molar-refractivity contribution >= 4 is 41.1 Å². The Morgan fingerprint density at radius 3 is 2.55 bits per heavy atom. The average Bonchev–Trinajstić information content (AvgIpc) is 3.33. The fraction of sp³-hybridized carbons (Fsp3) is 0.312. The third kappa shape index (κ3) is 7.25. The van der Waals surface area contributed by atoms with Crippen molar-refractivity contribution in [2.24, 2.45) is 10.9 Å². The molecule has 8 heteroatoms. The second-order valence-electron chi connectivity index (χ2n) is 10.1. The van der Waals surface area contributed by atoms with Crippen molar-refractivity contribution in [3.05, 3.63) is 106 Å². The number of hydrogen-bond acceptors (Lipinski definition) is 5. The van der Waals surface area contributed by atoms with Crippen LogP contribution in [0, 0.1) is 5.92 Å². The topological polar surface area (TPSA) is 80.2 Å². The van der Waals surface area contributed by atoms with Gasteiger partial charge in [0.15, 0.2) is 11.6 Å². The lowest BCUT2D eigenvalue weighted by Gasteiger charge is -2.30. The molecule has 6 nitrogen and oxygen atoms in total. The number of benzene rings is 3. The van der Waals surface area contributed by atoms with Crippen LogP contribution in [0.4, 0.5) is 0 Å². The minimum absolute atomic E-state index is 0.0665. The summed E-state index contributed by atoms with van der Waals surface area (Å²) >= 11 is 12.9. The molecule has 0 saturated carbocycles. The molecule has 1 heterocycles. The molecule has 0 unspecified atom stereocenters. The van der Waals surface area contributed by atoms with Crippen LogP contribution in [-0.4, -0.2) is 42.2 Å². The molecule has 3 aromatic carbocycles. The Balaban J connectivity index is 1.76. The maximum atomic E-state index is 14.0. The van der Waals surface area contributed by atoms with Crippen LogP contribution in [0.5, 0.6) is 5.75 Å². The van der Waals surface area contributed by atoms with Crippen molar-refractivity contribution in [2.45, 2.75) is 38.3 Å². The lowest BCUT2D eigenvalue weighted by molar-refractivity contribution is -0.129. The number of amides is 1. The van der Waals surface area contributed by atoms with Crippen molar-refractivity contribution in [3.8, 4) is 5.75 Å². The van der Waals surface area contributed by atoms with Crippen LogP contribution in [0.1, 0.15) is 49.5 Å². The molecule has 1 aliphatic rings. The number of nitrogens with zero attached hydrogens (tertiary/aromatic N) is 1. The molecule has 0 spiro atoms. The Labute approximate surface area is 245 Å². The molecular weight excluding hydrogens is 547 g/mol. The fourth-order valence-electron chi connectivity index (χ4n) is 4.39. The molecule has 0 radical (unpaired) electrons. The number of carbonyl (C=O) groups excluding carboxylic acids is 1. The van der Waals surface area contributed by atoms with Gasteiger partial charge in [0.05, 0.1) is 6.61 Å². The van der Waals surface area contributed by atoms with Crippen LogP contribution in [-0.2, 0) is 9.53 Å². The number of aliphatic imine (C=N–C) groups is 1. The van der Waals surface area contributed by atoms with Gasteiger partial charge in [0.2, 0.25) is 5.90 Å². The Morgan fingerprint density at radius 2 is 1.88 bits per heavy atom. The second-order valence-corrected chi connectivity index (χ2v) is 10.9. The quantitative estimate of drug-likeness (QED) is 0.229. The van der Waals surface area contributed by atoms with Gasteiger partial charge >= 0.3 is 0 Å². The van der Waals surface area contributed by atoms with E-state index >= 15 is 0 Å².